The van der Waals surface area contributed by atoms with Gasteiger partial charge in [-0.2, -0.15) is 0 Å². The Morgan fingerprint density at radius 1 is 1.22 bits per heavy atom. The van der Waals surface area contributed by atoms with E-state index in [9.17, 15) is 5.11 Å². The van der Waals surface area contributed by atoms with Gasteiger partial charge in [0.05, 0.1) is 6.10 Å². The minimum atomic E-state index is -0.0197. The minimum absolute atomic E-state index is 0.0197. The van der Waals surface area contributed by atoms with Crippen LogP contribution >= 0.6 is 0 Å². The molecule has 0 aliphatic heterocycles. The third-order valence-electron chi connectivity index (χ3n) is 2.42. The van der Waals surface area contributed by atoms with E-state index >= 15 is 0 Å². The molecule has 1 rings (SSSR count). The van der Waals surface area contributed by atoms with E-state index in [0.717, 1.165) is 12.3 Å². The zero-order valence-corrected chi connectivity index (χ0v) is 6.30. The Hall–Kier alpha value is -0.0400. The van der Waals surface area contributed by atoms with Gasteiger partial charge < -0.3 is 5.11 Å². The number of hydrogen-bond donors (Lipinski definition) is 1. The van der Waals surface area contributed by atoms with Crippen molar-refractivity contribution in [2.24, 2.45) is 11.8 Å². The van der Waals surface area contributed by atoms with Crippen molar-refractivity contribution in [2.75, 3.05) is 0 Å². The summed E-state index contributed by atoms with van der Waals surface area (Å²) < 4.78 is 0. The first kappa shape index (κ1) is 7.07. The van der Waals surface area contributed by atoms with Gasteiger partial charge in [0.1, 0.15) is 0 Å². The summed E-state index contributed by atoms with van der Waals surface area (Å²) >= 11 is 0. The van der Waals surface area contributed by atoms with E-state index in [0.29, 0.717) is 5.92 Å². The molecular weight excluding hydrogens is 112 g/mol. The number of hydrogen-bond acceptors (Lipinski definition) is 1. The minimum Gasteiger partial charge on any atom is -0.393 e. The fourth-order valence-electron chi connectivity index (χ4n) is 1.50. The first-order valence-corrected chi connectivity index (χ1v) is 3.88. The zero-order valence-electron chi connectivity index (χ0n) is 6.30. The Balaban J connectivity index is 2.35. The van der Waals surface area contributed by atoms with E-state index in [-0.39, 0.29) is 6.10 Å². The maximum Gasteiger partial charge on any atom is 0.0568 e. The van der Waals surface area contributed by atoms with E-state index in [1.165, 1.54) is 12.8 Å². The summed E-state index contributed by atoms with van der Waals surface area (Å²) in [5, 5.41) is 9.35. The van der Waals surface area contributed by atoms with Crippen molar-refractivity contribution < 1.29 is 5.11 Å². The first-order valence-electron chi connectivity index (χ1n) is 3.88. The van der Waals surface area contributed by atoms with Crippen LogP contribution in [0.5, 0.6) is 0 Å². The van der Waals surface area contributed by atoms with Crippen LogP contribution in [0.2, 0.25) is 0 Å². The summed E-state index contributed by atoms with van der Waals surface area (Å²) in [6.45, 7) is 4.35. The standard InChI is InChI=1S/C8H16O/c1-6-3-4-7(2)8(9)5-6/h6-9H,3-5H2,1-2H3/t6-,7?,8-/m1/s1. The van der Waals surface area contributed by atoms with Crippen molar-refractivity contribution in [3.8, 4) is 0 Å². The molecule has 54 valence electrons. The molecule has 0 aromatic rings. The molecule has 1 fully saturated rings. The predicted molar refractivity (Wildman–Crippen MR) is 38.2 cm³/mol. The zero-order chi connectivity index (χ0) is 6.85. The maximum atomic E-state index is 9.35. The Labute approximate surface area is 57.1 Å². The van der Waals surface area contributed by atoms with Crippen molar-refractivity contribution in [3.05, 3.63) is 0 Å². The van der Waals surface area contributed by atoms with Gasteiger partial charge in [-0.1, -0.05) is 20.3 Å². The van der Waals surface area contributed by atoms with Gasteiger partial charge in [-0.3, -0.25) is 0 Å². The Morgan fingerprint density at radius 2 is 1.89 bits per heavy atom. The first-order chi connectivity index (χ1) is 4.20. The van der Waals surface area contributed by atoms with Crippen LogP contribution in [0.4, 0.5) is 0 Å². The molecule has 0 aromatic heterocycles. The van der Waals surface area contributed by atoms with Crippen LogP contribution in [0, 0.1) is 11.8 Å². The second-order valence-electron chi connectivity index (χ2n) is 3.46. The lowest BCUT2D eigenvalue weighted by Gasteiger charge is -2.28. The van der Waals surface area contributed by atoms with Crippen LogP contribution < -0.4 is 0 Å². The molecule has 0 amide bonds. The van der Waals surface area contributed by atoms with Gasteiger partial charge in [0.2, 0.25) is 0 Å². The molecule has 1 nitrogen and oxygen atoms in total. The molecule has 1 aliphatic carbocycles. The van der Waals surface area contributed by atoms with Gasteiger partial charge in [0, 0.05) is 0 Å². The molecule has 1 saturated carbocycles. The lowest BCUT2D eigenvalue weighted by molar-refractivity contribution is 0.0577. The van der Waals surface area contributed by atoms with E-state index < -0.39 is 0 Å². The van der Waals surface area contributed by atoms with Crippen molar-refractivity contribution >= 4 is 0 Å². The van der Waals surface area contributed by atoms with E-state index in [4.69, 9.17) is 0 Å². The normalized spacial score (nSPS) is 45.0. The Morgan fingerprint density at radius 3 is 2.33 bits per heavy atom. The summed E-state index contributed by atoms with van der Waals surface area (Å²) in [6.07, 6.45) is 3.51. The van der Waals surface area contributed by atoms with Gasteiger partial charge in [0.15, 0.2) is 0 Å². The summed E-state index contributed by atoms with van der Waals surface area (Å²) in [5.74, 6) is 1.29. The van der Waals surface area contributed by atoms with Gasteiger partial charge in [-0.05, 0) is 24.7 Å². The van der Waals surface area contributed by atoms with Gasteiger partial charge in [-0.25, -0.2) is 0 Å². The number of rotatable bonds is 0. The van der Waals surface area contributed by atoms with Crippen LogP contribution in [-0.4, -0.2) is 11.2 Å². The summed E-state index contributed by atoms with van der Waals surface area (Å²) in [4.78, 5) is 0. The van der Waals surface area contributed by atoms with Crippen molar-refractivity contribution in [3.63, 3.8) is 0 Å². The largest absolute Gasteiger partial charge is 0.393 e. The molecule has 0 aromatic carbocycles. The summed E-state index contributed by atoms with van der Waals surface area (Å²) in [7, 11) is 0. The highest BCUT2D eigenvalue weighted by Crippen LogP contribution is 2.27. The molecular formula is C8H16O. The van der Waals surface area contributed by atoms with Crippen LogP contribution in [0.15, 0.2) is 0 Å². The molecule has 1 unspecified atom stereocenters. The molecule has 3 atom stereocenters. The average Bonchev–Trinajstić information content (AvgIpc) is 1.80. The van der Waals surface area contributed by atoms with Gasteiger partial charge >= 0.3 is 0 Å². The second kappa shape index (κ2) is 2.70. The monoisotopic (exact) mass is 128 g/mol. The number of aliphatic hydroxyl groups excluding tert-OH is 1. The second-order valence-corrected chi connectivity index (χ2v) is 3.46. The average molecular weight is 128 g/mol. The molecule has 0 heterocycles. The lowest BCUT2D eigenvalue weighted by Crippen LogP contribution is -2.25. The SMILES string of the molecule is CC1CC[C@@H](C)C[C@H]1O. The molecule has 0 saturated heterocycles. The summed E-state index contributed by atoms with van der Waals surface area (Å²) in [5.41, 5.74) is 0. The highest BCUT2D eigenvalue weighted by molar-refractivity contribution is 4.74. The fraction of sp³-hybridized carbons (Fsp3) is 1.00. The highest BCUT2D eigenvalue weighted by atomic mass is 16.3. The van der Waals surface area contributed by atoms with Crippen molar-refractivity contribution in [1.29, 1.82) is 0 Å². The summed E-state index contributed by atoms with van der Waals surface area (Å²) in [6, 6.07) is 0. The third kappa shape index (κ3) is 1.68. The van der Waals surface area contributed by atoms with Crippen LogP contribution in [-0.2, 0) is 0 Å². The van der Waals surface area contributed by atoms with E-state index in [1.807, 2.05) is 0 Å². The molecule has 0 spiro atoms. The van der Waals surface area contributed by atoms with Gasteiger partial charge in [-0.15, -0.1) is 0 Å². The smallest absolute Gasteiger partial charge is 0.0568 e. The third-order valence-corrected chi connectivity index (χ3v) is 2.42. The molecule has 1 N–H and O–H groups in total. The van der Waals surface area contributed by atoms with Crippen molar-refractivity contribution in [2.45, 2.75) is 39.2 Å². The van der Waals surface area contributed by atoms with E-state index in [2.05, 4.69) is 13.8 Å². The van der Waals surface area contributed by atoms with Crippen LogP contribution in [0.1, 0.15) is 33.1 Å². The fourth-order valence-corrected chi connectivity index (χ4v) is 1.50. The quantitative estimate of drug-likeness (QED) is 0.527. The predicted octanol–water partition coefficient (Wildman–Crippen LogP) is 1.80. The van der Waals surface area contributed by atoms with Crippen LogP contribution in [0.25, 0.3) is 0 Å². The Bertz CT molecular complexity index is 90.6. The van der Waals surface area contributed by atoms with E-state index in [1.54, 1.807) is 0 Å². The lowest BCUT2D eigenvalue weighted by atomic mass is 9.82. The van der Waals surface area contributed by atoms with Crippen molar-refractivity contribution in [1.82, 2.24) is 0 Å². The highest BCUT2D eigenvalue weighted by Gasteiger charge is 2.22. The maximum absolute atomic E-state index is 9.35. The molecule has 1 heteroatoms. The topological polar surface area (TPSA) is 20.2 Å². The van der Waals surface area contributed by atoms with Crippen LogP contribution in [0.3, 0.4) is 0 Å². The number of aliphatic hydroxyl groups is 1. The van der Waals surface area contributed by atoms with Gasteiger partial charge in [0.25, 0.3) is 0 Å². The molecule has 1 aliphatic rings. The molecule has 0 bridgehead atoms. The molecule has 0 radical (unpaired) electrons. The molecule has 9 heavy (non-hydrogen) atoms. The Kier molecular flexibility index (Phi) is 2.12.